The van der Waals surface area contributed by atoms with Crippen LogP contribution in [-0.4, -0.2) is 6.61 Å². The Labute approximate surface area is 80.9 Å². The van der Waals surface area contributed by atoms with Gasteiger partial charge in [0.1, 0.15) is 0 Å². The predicted molar refractivity (Wildman–Crippen MR) is 52.1 cm³/mol. The summed E-state index contributed by atoms with van der Waals surface area (Å²) in [4.78, 5) is 0. The van der Waals surface area contributed by atoms with E-state index in [2.05, 4.69) is 40.2 Å². The Bertz CT molecular complexity index is 249. The minimum absolute atomic E-state index is 0.345. The second-order valence-electron chi connectivity index (χ2n) is 3.05. The largest absolute Gasteiger partial charge is 0.374 e. The van der Waals surface area contributed by atoms with Gasteiger partial charge in [0.15, 0.2) is 0 Å². The molecular weight excluding hydrogens is 216 g/mol. The highest BCUT2D eigenvalue weighted by Gasteiger charge is 2.16. The summed E-state index contributed by atoms with van der Waals surface area (Å²) < 4.78 is 6.69. The molecule has 1 aliphatic heterocycles. The van der Waals surface area contributed by atoms with Gasteiger partial charge >= 0.3 is 0 Å². The van der Waals surface area contributed by atoms with Crippen molar-refractivity contribution in [1.29, 1.82) is 0 Å². The maximum atomic E-state index is 5.56. The molecular formula is C10H11BrO. The van der Waals surface area contributed by atoms with Gasteiger partial charge in [-0.25, -0.2) is 0 Å². The third-order valence-corrected chi connectivity index (χ3v) is 2.70. The van der Waals surface area contributed by atoms with Gasteiger partial charge in [-0.15, -0.1) is 0 Å². The number of hydrogen-bond acceptors (Lipinski definition) is 1. The normalized spacial score (nSPS) is 22.9. The number of hydrogen-bond donors (Lipinski definition) is 0. The van der Waals surface area contributed by atoms with Crippen LogP contribution >= 0.6 is 15.9 Å². The third kappa shape index (κ3) is 1.70. The topological polar surface area (TPSA) is 9.23 Å². The first-order valence-corrected chi connectivity index (χ1v) is 5.02. The molecule has 1 fully saturated rings. The lowest BCUT2D eigenvalue weighted by Crippen LogP contribution is -1.94. The minimum Gasteiger partial charge on any atom is -0.374 e. The second kappa shape index (κ2) is 3.58. The Morgan fingerprint density at radius 3 is 2.58 bits per heavy atom. The molecule has 12 heavy (non-hydrogen) atoms. The van der Waals surface area contributed by atoms with Gasteiger partial charge in [0.05, 0.1) is 6.10 Å². The molecule has 0 aliphatic carbocycles. The molecule has 1 aliphatic rings. The van der Waals surface area contributed by atoms with Crippen molar-refractivity contribution in [3.63, 3.8) is 0 Å². The first-order chi connectivity index (χ1) is 5.86. The molecule has 0 N–H and O–H groups in total. The fourth-order valence-electron chi connectivity index (χ4n) is 1.52. The van der Waals surface area contributed by atoms with Gasteiger partial charge in [-0.1, -0.05) is 28.1 Å². The molecule has 0 radical (unpaired) electrons. The summed E-state index contributed by atoms with van der Waals surface area (Å²) in [7, 11) is 0. The molecule has 0 bridgehead atoms. The molecule has 2 heteroatoms. The first-order valence-electron chi connectivity index (χ1n) is 4.23. The molecule has 1 nitrogen and oxygen atoms in total. The lowest BCUT2D eigenvalue weighted by molar-refractivity contribution is 0.112. The van der Waals surface area contributed by atoms with Crippen molar-refractivity contribution in [3.8, 4) is 0 Å². The van der Waals surface area contributed by atoms with Gasteiger partial charge in [-0.05, 0) is 30.5 Å². The quantitative estimate of drug-likeness (QED) is 0.715. The summed E-state index contributed by atoms with van der Waals surface area (Å²) in [6.07, 6.45) is 2.71. The molecule has 0 spiro atoms. The van der Waals surface area contributed by atoms with Crippen molar-refractivity contribution >= 4 is 15.9 Å². The summed E-state index contributed by atoms with van der Waals surface area (Å²) in [6.45, 7) is 0.917. The van der Waals surface area contributed by atoms with E-state index in [9.17, 15) is 0 Å². The minimum atomic E-state index is 0.345. The molecule has 0 aromatic heterocycles. The zero-order valence-electron chi connectivity index (χ0n) is 6.79. The molecule has 1 atom stereocenters. The SMILES string of the molecule is Brc1ccc([C@H]2CCCO2)cc1. The van der Waals surface area contributed by atoms with E-state index in [0.29, 0.717) is 6.10 Å². The van der Waals surface area contributed by atoms with Crippen molar-refractivity contribution in [2.75, 3.05) is 6.61 Å². The number of benzene rings is 1. The summed E-state index contributed by atoms with van der Waals surface area (Å²) in [5.74, 6) is 0. The van der Waals surface area contributed by atoms with Crippen molar-refractivity contribution in [1.82, 2.24) is 0 Å². The van der Waals surface area contributed by atoms with E-state index in [4.69, 9.17) is 4.74 Å². The molecule has 1 heterocycles. The van der Waals surface area contributed by atoms with Crippen LogP contribution < -0.4 is 0 Å². The molecule has 1 saturated heterocycles. The van der Waals surface area contributed by atoms with Crippen molar-refractivity contribution in [3.05, 3.63) is 34.3 Å². The fraction of sp³-hybridized carbons (Fsp3) is 0.400. The van der Waals surface area contributed by atoms with Crippen LogP contribution in [0.5, 0.6) is 0 Å². The third-order valence-electron chi connectivity index (χ3n) is 2.17. The summed E-state index contributed by atoms with van der Waals surface area (Å²) >= 11 is 3.41. The van der Waals surface area contributed by atoms with Gasteiger partial charge in [0, 0.05) is 11.1 Å². The van der Waals surface area contributed by atoms with E-state index >= 15 is 0 Å². The lowest BCUT2D eigenvalue weighted by atomic mass is 10.1. The average Bonchev–Trinajstić information content (AvgIpc) is 2.58. The number of ether oxygens (including phenoxy) is 1. The summed E-state index contributed by atoms with van der Waals surface area (Å²) in [6, 6.07) is 8.38. The van der Waals surface area contributed by atoms with Gasteiger partial charge < -0.3 is 4.74 Å². The molecule has 0 saturated carbocycles. The molecule has 0 unspecified atom stereocenters. The fourth-order valence-corrected chi connectivity index (χ4v) is 1.78. The Hall–Kier alpha value is -0.340. The summed E-state index contributed by atoms with van der Waals surface area (Å²) in [5.41, 5.74) is 1.30. The predicted octanol–water partition coefficient (Wildman–Crippen LogP) is 3.30. The van der Waals surface area contributed by atoms with Crippen molar-refractivity contribution < 1.29 is 4.74 Å². The average molecular weight is 227 g/mol. The zero-order chi connectivity index (χ0) is 8.39. The zero-order valence-corrected chi connectivity index (χ0v) is 8.38. The second-order valence-corrected chi connectivity index (χ2v) is 3.97. The molecule has 1 aromatic rings. The van der Waals surface area contributed by atoms with Crippen LogP contribution in [0.1, 0.15) is 24.5 Å². The van der Waals surface area contributed by atoms with Crippen LogP contribution in [0.25, 0.3) is 0 Å². The Morgan fingerprint density at radius 1 is 1.25 bits per heavy atom. The van der Waals surface area contributed by atoms with E-state index in [0.717, 1.165) is 11.1 Å². The van der Waals surface area contributed by atoms with Crippen LogP contribution in [0.4, 0.5) is 0 Å². The van der Waals surface area contributed by atoms with Crippen LogP contribution in [0, 0.1) is 0 Å². The Kier molecular flexibility index (Phi) is 2.47. The monoisotopic (exact) mass is 226 g/mol. The highest BCUT2D eigenvalue weighted by atomic mass is 79.9. The van der Waals surface area contributed by atoms with Gasteiger partial charge in [-0.3, -0.25) is 0 Å². The van der Waals surface area contributed by atoms with E-state index in [1.807, 2.05) is 0 Å². The standard InChI is InChI=1S/C10H11BrO/c11-9-5-3-8(4-6-9)10-2-1-7-12-10/h3-6,10H,1-2,7H2/t10-/m1/s1. The van der Waals surface area contributed by atoms with E-state index in [-0.39, 0.29) is 0 Å². The smallest absolute Gasteiger partial charge is 0.0825 e. The van der Waals surface area contributed by atoms with E-state index < -0.39 is 0 Å². The van der Waals surface area contributed by atoms with Crippen molar-refractivity contribution in [2.45, 2.75) is 18.9 Å². The number of rotatable bonds is 1. The van der Waals surface area contributed by atoms with Crippen LogP contribution in [0.15, 0.2) is 28.7 Å². The van der Waals surface area contributed by atoms with Crippen LogP contribution in [0.2, 0.25) is 0 Å². The molecule has 1 aromatic carbocycles. The maximum absolute atomic E-state index is 5.56. The molecule has 64 valence electrons. The van der Waals surface area contributed by atoms with Gasteiger partial charge in [-0.2, -0.15) is 0 Å². The van der Waals surface area contributed by atoms with Crippen LogP contribution in [-0.2, 0) is 4.74 Å². The first kappa shape index (κ1) is 8.27. The van der Waals surface area contributed by atoms with E-state index in [1.54, 1.807) is 0 Å². The number of halogens is 1. The Balaban J connectivity index is 2.17. The lowest BCUT2D eigenvalue weighted by Gasteiger charge is -2.08. The van der Waals surface area contributed by atoms with Crippen LogP contribution in [0.3, 0.4) is 0 Å². The highest BCUT2D eigenvalue weighted by Crippen LogP contribution is 2.28. The Morgan fingerprint density at radius 2 is 2.00 bits per heavy atom. The van der Waals surface area contributed by atoms with Crippen molar-refractivity contribution in [2.24, 2.45) is 0 Å². The molecule has 0 amide bonds. The van der Waals surface area contributed by atoms with Gasteiger partial charge in [0.2, 0.25) is 0 Å². The summed E-state index contributed by atoms with van der Waals surface area (Å²) in [5, 5.41) is 0. The van der Waals surface area contributed by atoms with Gasteiger partial charge in [0.25, 0.3) is 0 Å². The van der Waals surface area contributed by atoms with E-state index in [1.165, 1.54) is 18.4 Å². The molecule has 2 rings (SSSR count). The highest BCUT2D eigenvalue weighted by molar-refractivity contribution is 9.10. The maximum Gasteiger partial charge on any atom is 0.0825 e.